The van der Waals surface area contributed by atoms with E-state index in [0.717, 1.165) is 0 Å². The number of hydrogen-bond acceptors (Lipinski definition) is 12. The molecule has 42 heavy (non-hydrogen) atoms. The van der Waals surface area contributed by atoms with E-state index >= 15 is 0 Å². The zero-order chi connectivity index (χ0) is 30.6. The van der Waals surface area contributed by atoms with Gasteiger partial charge in [-0.05, 0) is 32.8 Å². The van der Waals surface area contributed by atoms with Gasteiger partial charge in [0.2, 0.25) is 0 Å². The molecule has 12 nitrogen and oxygen atoms in total. The lowest BCUT2D eigenvalue weighted by atomic mass is 9.35. The van der Waals surface area contributed by atoms with E-state index in [2.05, 4.69) is 0 Å². The average molecular weight is 591 g/mol. The van der Waals surface area contributed by atoms with Gasteiger partial charge in [-0.2, -0.15) is 0 Å². The number of fused-ring (bicyclic) bond motifs is 3. The number of ether oxygens (including phenoxy) is 5. The van der Waals surface area contributed by atoms with Crippen LogP contribution in [0.2, 0.25) is 0 Å². The number of rotatable bonds is 4. The molecule has 1 unspecified atom stereocenters. The molecule has 230 valence electrons. The van der Waals surface area contributed by atoms with E-state index < -0.39 is 100 Å². The Labute approximate surface area is 242 Å². The van der Waals surface area contributed by atoms with Gasteiger partial charge in [0.25, 0.3) is 0 Å². The lowest BCUT2D eigenvalue weighted by Gasteiger charge is -2.69. The maximum Gasteiger partial charge on any atom is 0.339 e. The fraction of sp³-hybridized carbons (Fsp3) is 0.733. The van der Waals surface area contributed by atoms with Crippen molar-refractivity contribution >= 4 is 23.9 Å². The summed E-state index contributed by atoms with van der Waals surface area (Å²) < 4.78 is 35.2. The van der Waals surface area contributed by atoms with Gasteiger partial charge < -0.3 is 38.3 Å². The second kappa shape index (κ2) is 9.03. The Morgan fingerprint density at radius 1 is 1.05 bits per heavy atom. The van der Waals surface area contributed by atoms with Gasteiger partial charge in [-0.1, -0.05) is 13.8 Å². The second-order valence-electron chi connectivity index (χ2n) is 13.6. The van der Waals surface area contributed by atoms with Crippen molar-refractivity contribution < 1.29 is 57.5 Å². The molecule has 4 heterocycles. The lowest BCUT2D eigenvalue weighted by molar-refractivity contribution is -0.310. The van der Waals surface area contributed by atoms with Crippen LogP contribution in [0.5, 0.6) is 0 Å². The molecule has 3 aliphatic heterocycles. The van der Waals surface area contributed by atoms with Crippen molar-refractivity contribution in [2.24, 2.45) is 28.1 Å². The van der Waals surface area contributed by atoms with Crippen molar-refractivity contribution in [1.82, 2.24) is 0 Å². The Bertz CT molecular complexity index is 1320. The van der Waals surface area contributed by atoms with Gasteiger partial charge in [-0.15, -0.1) is 0 Å². The number of hydrogen-bond donors (Lipinski definition) is 2. The molecular formula is C30H38O12. The zero-order valence-electron chi connectivity index (χ0n) is 24.6. The van der Waals surface area contributed by atoms with Crippen molar-refractivity contribution in [3.63, 3.8) is 0 Å². The third-order valence-electron chi connectivity index (χ3n) is 11.2. The van der Waals surface area contributed by atoms with Crippen molar-refractivity contribution in [2.45, 2.75) is 103 Å². The van der Waals surface area contributed by atoms with Crippen LogP contribution in [0.3, 0.4) is 0 Å². The first-order valence-electron chi connectivity index (χ1n) is 14.3. The van der Waals surface area contributed by atoms with Crippen LogP contribution in [-0.2, 0) is 42.9 Å². The van der Waals surface area contributed by atoms with Gasteiger partial charge >= 0.3 is 23.9 Å². The molecule has 2 saturated carbocycles. The second-order valence-corrected chi connectivity index (χ2v) is 13.6. The SMILES string of the molecule is CC(=O)OC[C@@]12C3[C@@H](OC(C)=O)C[C@@]4(C)[C@H](c5ccoc5)OC(=O)[C@H]5O[C@]54[C@]3(C)[C@H](O)C[C@H]1C(C)(C)OC(=O)C[C@H]2O. The number of aliphatic hydroxyl groups excluding tert-OH is 2. The van der Waals surface area contributed by atoms with E-state index in [1.54, 1.807) is 26.8 Å². The molecular weight excluding hydrogens is 552 g/mol. The molecule has 11 atom stereocenters. The number of carbonyl (C=O) groups excluding carboxylic acids is 4. The van der Waals surface area contributed by atoms with Crippen LogP contribution in [0.4, 0.5) is 0 Å². The highest BCUT2D eigenvalue weighted by molar-refractivity contribution is 5.82. The molecule has 1 aromatic heterocycles. The van der Waals surface area contributed by atoms with Crippen LogP contribution in [0.25, 0.3) is 0 Å². The first-order valence-corrected chi connectivity index (χ1v) is 14.3. The lowest BCUT2D eigenvalue weighted by Crippen LogP contribution is -2.78. The van der Waals surface area contributed by atoms with Gasteiger partial charge in [0, 0.05) is 47.5 Å². The summed E-state index contributed by atoms with van der Waals surface area (Å²) >= 11 is 0. The van der Waals surface area contributed by atoms with Gasteiger partial charge in [0.1, 0.15) is 30.0 Å². The Kier molecular flexibility index (Phi) is 6.26. The Balaban J connectivity index is 1.63. The van der Waals surface area contributed by atoms with E-state index in [4.69, 9.17) is 28.1 Å². The van der Waals surface area contributed by atoms with E-state index in [0.29, 0.717) is 5.56 Å². The third kappa shape index (κ3) is 3.51. The molecule has 6 rings (SSSR count). The van der Waals surface area contributed by atoms with Crippen molar-refractivity contribution in [1.29, 1.82) is 0 Å². The molecule has 3 saturated heterocycles. The van der Waals surface area contributed by atoms with Crippen molar-refractivity contribution in [2.75, 3.05) is 6.61 Å². The largest absolute Gasteiger partial charge is 0.472 e. The minimum atomic E-state index is -1.45. The summed E-state index contributed by atoms with van der Waals surface area (Å²) in [6, 6.07) is 1.69. The van der Waals surface area contributed by atoms with Crippen molar-refractivity contribution in [3.05, 3.63) is 24.2 Å². The molecule has 0 bridgehead atoms. The van der Waals surface area contributed by atoms with Crippen LogP contribution < -0.4 is 0 Å². The highest BCUT2D eigenvalue weighted by Gasteiger charge is 2.90. The molecule has 0 radical (unpaired) electrons. The average Bonchev–Trinajstić information content (AvgIpc) is 3.47. The molecule has 0 amide bonds. The number of aliphatic hydroxyl groups is 2. The van der Waals surface area contributed by atoms with Gasteiger partial charge in [-0.25, -0.2) is 4.79 Å². The summed E-state index contributed by atoms with van der Waals surface area (Å²) in [7, 11) is 0. The molecule has 1 aromatic rings. The predicted octanol–water partition coefficient (Wildman–Crippen LogP) is 2.00. The summed E-state index contributed by atoms with van der Waals surface area (Å²) in [5, 5.41) is 24.2. The van der Waals surface area contributed by atoms with Crippen molar-refractivity contribution in [3.8, 4) is 0 Å². The smallest absolute Gasteiger partial charge is 0.339 e. The van der Waals surface area contributed by atoms with Gasteiger partial charge in [-0.3, -0.25) is 14.4 Å². The van der Waals surface area contributed by atoms with E-state index in [9.17, 15) is 29.4 Å². The highest BCUT2D eigenvalue weighted by atomic mass is 16.7. The fourth-order valence-corrected chi connectivity index (χ4v) is 9.82. The molecule has 2 N–H and O–H groups in total. The molecule has 5 aliphatic rings. The Morgan fingerprint density at radius 3 is 2.38 bits per heavy atom. The summed E-state index contributed by atoms with van der Waals surface area (Å²) in [6.07, 6.45) is -2.83. The monoisotopic (exact) mass is 590 g/mol. The topological polar surface area (TPSA) is 171 Å². The summed E-state index contributed by atoms with van der Waals surface area (Å²) in [6.45, 7) is 9.22. The summed E-state index contributed by atoms with van der Waals surface area (Å²) in [4.78, 5) is 51.4. The number of cyclic esters (lactones) is 2. The number of carbonyl (C=O) groups is 4. The normalized spacial score (nSPS) is 46.8. The van der Waals surface area contributed by atoms with Gasteiger partial charge in [0.05, 0.1) is 31.2 Å². The number of esters is 4. The maximum absolute atomic E-state index is 13.4. The number of epoxide rings is 1. The first-order chi connectivity index (χ1) is 19.6. The molecule has 1 spiro atoms. The zero-order valence-corrected chi connectivity index (χ0v) is 24.6. The number of furan rings is 1. The molecule has 5 fully saturated rings. The summed E-state index contributed by atoms with van der Waals surface area (Å²) in [5.41, 5.74) is -5.82. The highest BCUT2D eigenvalue weighted by Crippen LogP contribution is 2.79. The molecule has 12 heteroatoms. The fourth-order valence-electron chi connectivity index (χ4n) is 9.82. The Morgan fingerprint density at radius 2 is 1.76 bits per heavy atom. The van der Waals surface area contributed by atoms with Gasteiger partial charge in [0.15, 0.2) is 6.10 Å². The van der Waals surface area contributed by atoms with Crippen LogP contribution >= 0.6 is 0 Å². The van der Waals surface area contributed by atoms with E-state index in [-0.39, 0.29) is 19.4 Å². The standard InChI is InChI=1S/C30H38O12/c1-14(31)38-13-29-18(26(3,4)41-21(35)10-20(29)34)9-19(33)28(6)22(29)17(39-15(2)32)11-27(5)23(16-7-8-37-12-16)40-25(36)24-30(27,28)42-24/h7-8,12,17-20,22-24,33-34H,9-11,13H2,1-6H3/t17-,18-,19+,20+,22?,23-,24+,27-,28+,29+,30+/m0/s1. The molecule has 2 aliphatic carbocycles. The minimum Gasteiger partial charge on any atom is -0.472 e. The quantitative estimate of drug-likeness (QED) is 0.297. The van der Waals surface area contributed by atoms with E-state index in [1.807, 2.05) is 6.92 Å². The third-order valence-corrected chi connectivity index (χ3v) is 11.2. The predicted molar refractivity (Wildman–Crippen MR) is 139 cm³/mol. The summed E-state index contributed by atoms with van der Waals surface area (Å²) in [5.74, 6) is -4.15. The van der Waals surface area contributed by atoms with Crippen LogP contribution in [0.1, 0.15) is 72.5 Å². The van der Waals surface area contributed by atoms with Crippen LogP contribution in [0.15, 0.2) is 23.0 Å². The minimum absolute atomic E-state index is 0.0116. The first kappa shape index (κ1) is 29.1. The maximum atomic E-state index is 13.4. The van der Waals surface area contributed by atoms with Crippen LogP contribution in [-0.4, -0.2) is 76.3 Å². The van der Waals surface area contributed by atoms with E-state index in [1.165, 1.54) is 26.4 Å². The van der Waals surface area contributed by atoms with Crippen LogP contribution in [0, 0.1) is 28.1 Å². The molecule has 0 aromatic carbocycles. The Hall–Kier alpha value is -2.96.